The molecule has 1 N–H and O–H groups in total. The zero-order valence-corrected chi connectivity index (χ0v) is 16.0. The highest BCUT2D eigenvalue weighted by atomic mass is 16.5. The first-order valence-corrected chi connectivity index (χ1v) is 9.58. The Labute approximate surface area is 150 Å². The topological polar surface area (TPSA) is 59.4 Å². The summed E-state index contributed by atoms with van der Waals surface area (Å²) in [6, 6.07) is 0.193. The third kappa shape index (κ3) is 3.90. The predicted octanol–water partition coefficient (Wildman–Crippen LogP) is 1.63. The van der Waals surface area contributed by atoms with Crippen LogP contribution in [0.1, 0.15) is 48.4 Å². The number of carbonyl (C=O) groups excluding carboxylic acids is 1. The Morgan fingerprint density at radius 3 is 2.80 bits per heavy atom. The third-order valence-electron chi connectivity index (χ3n) is 5.76. The van der Waals surface area contributed by atoms with Crippen LogP contribution in [-0.4, -0.2) is 60.0 Å². The van der Waals surface area contributed by atoms with Crippen LogP contribution < -0.4 is 5.32 Å². The highest BCUT2D eigenvalue weighted by Crippen LogP contribution is 2.26. The van der Waals surface area contributed by atoms with E-state index in [0.29, 0.717) is 11.8 Å². The Morgan fingerprint density at radius 1 is 1.32 bits per heavy atom. The van der Waals surface area contributed by atoms with Gasteiger partial charge in [-0.3, -0.25) is 14.4 Å². The number of amides is 1. The summed E-state index contributed by atoms with van der Waals surface area (Å²) in [6.45, 7) is 8.08. The molecule has 1 aliphatic heterocycles. The van der Waals surface area contributed by atoms with Crippen LogP contribution in [0.3, 0.4) is 0 Å². The first-order chi connectivity index (χ1) is 12.0. The number of aromatic nitrogens is 2. The van der Waals surface area contributed by atoms with Crippen molar-refractivity contribution in [2.24, 2.45) is 18.9 Å². The largest absolute Gasteiger partial charge is 0.383 e. The smallest absolute Gasteiger partial charge is 0.270 e. The van der Waals surface area contributed by atoms with E-state index in [1.165, 1.54) is 12.0 Å². The molecular weight excluding hydrogens is 316 g/mol. The molecule has 0 saturated carbocycles. The summed E-state index contributed by atoms with van der Waals surface area (Å²) >= 11 is 0. The second-order valence-electron chi connectivity index (χ2n) is 7.84. The first kappa shape index (κ1) is 18.4. The highest BCUT2D eigenvalue weighted by molar-refractivity contribution is 5.94. The first-order valence-electron chi connectivity index (χ1n) is 9.58. The van der Waals surface area contributed by atoms with Crippen molar-refractivity contribution in [1.29, 1.82) is 0 Å². The predicted molar refractivity (Wildman–Crippen MR) is 97.7 cm³/mol. The lowest BCUT2D eigenvalue weighted by molar-refractivity contribution is 0.0914. The van der Waals surface area contributed by atoms with Crippen molar-refractivity contribution < 1.29 is 9.53 Å². The molecule has 1 fully saturated rings. The van der Waals surface area contributed by atoms with Crippen LogP contribution in [-0.2, 0) is 24.6 Å². The highest BCUT2D eigenvalue weighted by Gasteiger charge is 2.36. The zero-order chi connectivity index (χ0) is 18.0. The summed E-state index contributed by atoms with van der Waals surface area (Å²) in [5, 5.41) is 7.91. The quantitative estimate of drug-likeness (QED) is 0.849. The summed E-state index contributed by atoms with van der Waals surface area (Å²) < 4.78 is 7.00. The second kappa shape index (κ2) is 7.87. The molecule has 0 unspecified atom stereocenters. The maximum Gasteiger partial charge on any atom is 0.270 e. The molecule has 25 heavy (non-hydrogen) atoms. The molecule has 0 aromatic carbocycles. The Morgan fingerprint density at radius 2 is 2.08 bits per heavy atom. The molecule has 0 radical (unpaired) electrons. The van der Waals surface area contributed by atoms with Gasteiger partial charge in [0.1, 0.15) is 5.69 Å². The number of rotatable bonds is 6. The van der Waals surface area contributed by atoms with Crippen LogP contribution >= 0.6 is 0 Å². The van der Waals surface area contributed by atoms with Crippen molar-refractivity contribution in [3.63, 3.8) is 0 Å². The molecule has 6 nitrogen and oxygen atoms in total. The van der Waals surface area contributed by atoms with Gasteiger partial charge in [-0.05, 0) is 37.5 Å². The molecule has 1 saturated heterocycles. The van der Waals surface area contributed by atoms with Gasteiger partial charge in [0, 0.05) is 45.4 Å². The number of aryl methyl sites for hydroxylation is 2. The van der Waals surface area contributed by atoms with Crippen LogP contribution in [0.15, 0.2) is 0 Å². The number of methoxy groups -OCH3 is 1. The fourth-order valence-electron chi connectivity index (χ4n) is 4.35. The van der Waals surface area contributed by atoms with Crippen molar-refractivity contribution in [2.75, 3.05) is 33.4 Å². The van der Waals surface area contributed by atoms with Crippen molar-refractivity contribution in [2.45, 2.75) is 45.6 Å². The number of likely N-dealkylation sites (tertiary alicyclic amines) is 1. The van der Waals surface area contributed by atoms with Crippen LogP contribution in [0.25, 0.3) is 0 Å². The van der Waals surface area contributed by atoms with Gasteiger partial charge >= 0.3 is 0 Å². The molecule has 2 atom stereocenters. The van der Waals surface area contributed by atoms with Gasteiger partial charge in [-0.25, -0.2) is 0 Å². The molecule has 0 bridgehead atoms. The summed E-state index contributed by atoms with van der Waals surface area (Å²) in [4.78, 5) is 15.4. The molecule has 140 valence electrons. The van der Waals surface area contributed by atoms with Crippen LogP contribution in [0.4, 0.5) is 0 Å². The monoisotopic (exact) mass is 348 g/mol. The van der Waals surface area contributed by atoms with Gasteiger partial charge in [0.15, 0.2) is 0 Å². The molecule has 6 heteroatoms. The SMILES string of the molecule is COCCN1C[C@H](NC(=O)c2c3c(nn2C)CCCC3)[C@@H](C(C)C)C1. The average molecular weight is 348 g/mol. The van der Waals surface area contributed by atoms with Crippen LogP contribution in [0.5, 0.6) is 0 Å². The van der Waals surface area contributed by atoms with Gasteiger partial charge in [0.05, 0.1) is 12.3 Å². The lowest BCUT2D eigenvalue weighted by Gasteiger charge is -2.23. The minimum Gasteiger partial charge on any atom is -0.383 e. The lowest BCUT2D eigenvalue weighted by atomic mass is 9.91. The van der Waals surface area contributed by atoms with Gasteiger partial charge < -0.3 is 10.1 Å². The number of nitrogens with zero attached hydrogens (tertiary/aromatic N) is 3. The van der Waals surface area contributed by atoms with E-state index in [1.54, 1.807) is 11.8 Å². The van der Waals surface area contributed by atoms with Crippen molar-refractivity contribution in [1.82, 2.24) is 20.0 Å². The molecule has 2 heterocycles. The van der Waals surface area contributed by atoms with E-state index >= 15 is 0 Å². The number of carbonyl (C=O) groups is 1. The van der Waals surface area contributed by atoms with E-state index in [0.717, 1.165) is 56.9 Å². The molecule has 1 aromatic heterocycles. The van der Waals surface area contributed by atoms with E-state index in [9.17, 15) is 4.79 Å². The molecule has 1 amide bonds. The van der Waals surface area contributed by atoms with E-state index < -0.39 is 0 Å². The van der Waals surface area contributed by atoms with E-state index in [2.05, 4.69) is 29.2 Å². The summed E-state index contributed by atoms with van der Waals surface area (Å²) in [7, 11) is 3.63. The van der Waals surface area contributed by atoms with Gasteiger partial charge in [0.25, 0.3) is 5.91 Å². The van der Waals surface area contributed by atoms with Crippen molar-refractivity contribution in [3.8, 4) is 0 Å². The van der Waals surface area contributed by atoms with Crippen molar-refractivity contribution >= 4 is 5.91 Å². The second-order valence-corrected chi connectivity index (χ2v) is 7.84. The van der Waals surface area contributed by atoms with E-state index in [4.69, 9.17) is 4.74 Å². The molecule has 1 aromatic rings. The number of nitrogens with one attached hydrogen (secondary N) is 1. The molecule has 2 aliphatic rings. The Hall–Kier alpha value is -1.40. The van der Waals surface area contributed by atoms with Gasteiger partial charge in [-0.1, -0.05) is 13.8 Å². The third-order valence-corrected chi connectivity index (χ3v) is 5.76. The summed E-state index contributed by atoms with van der Waals surface area (Å²) in [5.41, 5.74) is 3.06. The van der Waals surface area contributed by atoms with E-state index in [-0.39, 0.29) is 11.9 Å². The van der Waals surface area contributed by atoms with Gasteiger partial charge in [0.2, 0.25) is 0 Å². The normalized spacial score (nSPS) is 23.9. The zero-order valence-electron chi connectivity index (χ0n) is 16.0. The van der Waals surface area contributed by atoms with Gasteiger partial charge in [-0.2, -0.15) is 5.10 Å². The molecule has 1 aliphatic carbocycles. The Balaban J connectivity index is 1.72. The number of fused-ring (bicyclic) bond motifs is 1. The number of ether oxygens (including phenoxy) is 1. The molecular formula is C19H32N4O2. The minimum absolute atomic E-state index is 0.0439. The fourth-order valence-corrected chi connectivity index (χ4v) is 4.35. The number of hydrogen-bond acceptors (Lipinski definition) is 4. The van der Waals surface area contributed by atoms with Crippen molar-refractivity contribution in [3.05, 3.63) is 17.0 Å². The Bertz CT molecular complexity index is 611. The fraction of sp³-hybridized carbons (Fsp3) is 0.789. The summed E-state index contributed by atoms with van der Waals surface area (Å²) in [5.74, 6) is 1.06. The Kier molecular flexibility index (Phi) is 5.79. The maximum atomic E-state index is 13.0. The van der Waals surface area contributed by atoms with Crippen LogP contribution in [0.2, 0.25) is 0 Å². The lowest BCUT2D eigenvalue weighted by Crippen LogP contribution is -2.43. The average Bonchev–Trinajstić information content (AvgIpc) is 3.12. The van der Waals surface area contributed by atoms with Gasteiger partial charge in [-0.15, -0.1) is 0 Å². The number of hydrogen-bond donors (Lipinski definition) is 1. The molecule has 3 rings (SSSR count). The summed E-state index contributed by atoms with van der Waals surface area (Å²) in [6.07, 6.45) is 4.31. The van der Waals surface area contributed by atoms with E-state index in [1.807, 2.05) is 7.05 Å². The van der Waals surface area contributed by atoms with Crippen LogP contribution in [0, 0.1) is 11.8 Å². The minimum atomic E-state index is 0.0439. The molecule has 0 spiro atoms. The standard InChI is InChI=1S/C19H32N4O2/c1-13(2)15-11-23(9-10-25-4)12-17(15)20-19(24)18-14-7-5-6-8-16(14)21-22(18)3/h13,15,17H,5-12H2,1-4H3,(H,20,24)/t15-,17+/m1/s1. The maximum absolute atomic E-state index is 13.0.